The number of hydrogen-bond acceptors (Lipinski definition) is 4. The number of fused-ring (bicyclic) bond motifs is 1. The molecule has 0 aliphatic heterocycles. The van der Waals surface area contributed by atoms with Gasteiger partial charge in [0, 0.05) is 25.2 Å². The highest BCUT2D eigenvalue weighted by Crippen LogP contribution is 2.39. The first-order valence-electron chi connectivity index (χ1n) is 8.48. The van der Waals surface area contributed by atoms with Crippen molar-refractivity contribution in [3.8, 4) is 0 Å². The van der Waals surface area contributed by atoms with E-state index >= 15 is 0 Å². The predicted molar refractivity (Wildman–Crippen MR) is 91.1 cm³/mol. The molecule has 24 heavy (non-hydrogen) atoms. The van der Waals surface area contributed by atoms with E-state index in [0.29, 0.717) is 22.5 Å². The third-order valence-corrected chi connectivity index (χ3v) is 4.85. The fourth-order valence-corrected chi connectivity index (χ4v) is 2.81. The Morgan fingerprint density at radius 1 is 1.54 bits per heavy atom. The zero-order chi connectivity index (χ0) is 17.4. The molecule has 7 nitrogen and oxygen atoms in total. The Balaban J connectivity index is 1.92. The molecule has 0 radical (unpaired) electrons. The van der Waals surface area contributed by atoms with Gasteiger partial charge in [0.25, 0.3) is 11.5 Å². The van der Waals surface area contributed by atoms with Crippen LogP contribution in [0.5, 0.6) is 0 Å². The van der Waals surface area contributed by atoms with Gasteiger partial charge in [0.15, 0.2) is 5.65 Å². The van der Waals surface area contributed by atoms with Crippen molar-refractivity contribution in [3.05, 3.63) is 27.7 Å². The maximum absolute atomic E-state index is 12.6. The van der Waals surface area contributed by atoms with Crippen LogP contribution in [-0.2, 0) is 7.05 Å². The van der Waals surface area contributed by atoms with Gasteiger partial charge in [-0.25, -0.2) is 4.98 Å². The molecule has 0 saturated heterocycles. The first-order valence-corrected chi connectivity index (χ1v) is 8.48. The third kappa shape index (κ3) is 3.08. The minimum absolute atomic E-state index is 0.102. The van der Waals surface area contributed by atoms with Gasteiger partial charge in [-0.1, -0.05) is 20.3 Å². The molecule has 3 N–H and O–H groups in total. The smallest absolute Gasteiger partial charge is 0.274 e. The van der Waals surface area contributed by atoms with E-state index < -0.39 is 6.10 Å². The molecule has 2 atom stereocenters. The van der Waals surface area contributed by atoms with Gasteiger partial charge < -0.3 is 10.4 Å². The van der Waals surface area contributed by atoms with Crippen LogP contribution in [0.4, 0.5) is 0 Å². The lowest BCUT2D eigenvalue weighted by Crippen LogP contribution is -2.35. The van der Waals surface area contributed by atoms with Crippen LogP contribution in [-0.4, -0.2) is 38.4 Å². The Morgan fingerprint density at radius 2 is 2.25 bits per heavy atom. The summed E-state index contributed by atoms with van der Waals surface area (Å²) in [5.41, 5.74) is 1.36. The molecule has 0 bridgehead atoms. The van der Waals surface area contributed by atoms with Crippen molar-refractivity contribution in [2.75, 3.05) is 6.54 Å². The zero-order valence-corrected chi connectivity index (χ0v) is 14.3. The lowest BCUT2D eigenvalue weighted by atomic mass is 10.0. The van der Waals surface area contributed by atoms with E-state index in [0.717, 1.165) is 25.0 Å². The van der Waals surface area contributed by atoms with Crippen molar-refractivity contribution in [1.29, 1.82) is 0 Å². The third-order valence-electron chi connectivity index (χ3n) is 4.85. The summed E-state index contributed by atoms with van der Waals surface area (Å²) in [4.78, 5) is 29.3. The van der Waals surface area contributed by atoms with E-state index in [1.54, 1.807) is 17.8 Å². The van der Waals surface area contributed by atoms with E-state index in [4.69, 9.17) is 0 Å². The van der Waals surface area contributed by atoms with Gasteiger partial charge in [0.2, 0.25) is 0 Å². The Bertz CT molecular complexity index is 819. The number of carbonyl (C=O) groups excluding carboxylic acids is 1. The van der Waals surface area contributed by atoms with Gasteiger partial charge in [-0.05, 0) is 24.8 Å². The van der Waals surface area contributed by atoms with Crippen molar-refractivity contribution < 1.29 is 9.90 Å². The maximum atomic E-state index is 12.6. The van der Waals surface area contributed by atoms with Crippen molar-refractivity contribution >= 4 is 16.9 Å². The van der Waals surface area contributed by atoms with Crippen molar-refractivity contribution in [2.45, 2.75) is 45.1 Å². The number of nitrogens with zero attached hydrogens (tertiary/aromatic N) is 2. The highest BCUT2D eigenvalue weighted by molar-refractivity contribution is 6.05. The molecular formula is C17H24N4O3. The summed E-state index contributed by atoms with van der Waals surface area (Å²) in [6, 6.07) is 1.72. The second-order valence-electron chi connectivity index (χ2n) is 6.73. The number of pyridine rings is 1. The summed E-state index contributed by atoms with van der Waals surface area (Å²) < 4.78 is 1.55. The van der Waals surface area contributed by atoms with Crippen LogP contribution in [0.25, 0.3) is 11.0 Å². The molecule has 1 aliphatic carbocycles. The van der Waals surface area contributed by atoms with Gasteiger partial charge in [0.05, 0.1) is 17.1 Å². The number of aliphatic hydroxyl groups excluding tert-OH is 1. The molecule has 7 heteroatoms. The molecule has 0 spiro atoms. The molecule has 2 aromatic heterocycles. The summed E-state index contributed by atoms with van der Waals surface area (Å²) in [7, 11) is 1.71. The highest BCUT2D eigenvalue weighted by atomic mass is 16.3. The van der Waals surface area contributed by atoms with Crippen LogP contribution in [0.1, 0.15) is 55.1 Å². The second-order valence-corrected chi connectivity index (χ2v) is 6.73. The first kappa shape index (κ1) is 16.7. The molecule has 1 fully saturated rings. The number of aryl methyl sites for hydroxylation is 1. The number of amides is 1. The zero-order valence-electron chi connectivity index (χ0n) is 14.3. The van der Waals surface area contributed by atoms with Crippen LogP contribution in [0.3, 0.4) is 0 Å². The molecule has 3 rings (SSSR count). The van der Waals surface area contributed by atoms with Gasteiger partial charge in [-0.15, -0.1) is 0 Å². The quantitative estimate of drug-likeness (QED) is 0.742. The topological polar surface area (TPSA) is 100 Å². The van der Waals surface area contributed by atoms with Gasteiger partial charge in [0.1, 0.15) is 0 Å². The molecule has 2 heterocycles. The predicted octanol–water partition coefficient (Wildman–Crippen LogP) is 1.28. The summed E-state index contributed by atoms with van der Waals surface area (Å²) in [6.45, 7) is 4.10. The summed E-state index contributed by atoms with van der Waals surface area (Å²) in [5, 5.41) is 15.8. The van der Waals surface area contributed by atoms with E-state index in [1.165, 1.54) is 0 Å². The summed E-state index contributed by atoms with van der Waals surface area (Å²) >= 11 is 0. The Morgan fingerprint density at radius 3 is 2.88 bits per heavy atom. The summed E-state index contributed by atoms with van der Waals surface area (Å²) in [5.74, 6) is 0.130. The van der Waals surface area contributed by atoms with Crippen LogP contribution < -0.4 is 10.9 Å². The summed E-state index contributed by atoms with van der Waals surface area (Å²) in [6.07, 6.45) is 2.35. The molecule has 1 amide bonds. The fourth-order valence-electron chi connectivity index (χ4n) is 2.81. The van der Waals surface area contributed by atoms with E-state index in [-0.39, 0.29) is 23.9 Å². The average molecular weight is 332 g/mol. The average Bonchev–Trinajstić information content (AvgIpc) is 3.38. The maximum Gasteiger partial charge on any atom is 0.274 e. The molecule has 2 aromatic rings. The number of aromatic nitrogens is 3. The minimum Gasteiger partial charge on any atom is -0.391 e. The Labute approximate surface area is 140 Å². The number of H-pyrrole nitrogens is 1. The van der Waals surface area contributed by atoms with Crippen LogP contribution in [0, 0.1) is 5.92 Å². The standard InChI is InChI=1S/C17H24N4O3/c1-4-9(2)13(22)8-18-16(23)11-7-12(10-5-6-10)19-15-14(11)17(24)20-21(15)3/h7,9-10,13,22H,4-6,8H2,1-3H3,(H,18,23)(H,20,24). The van der Waals surface area contributed by atoms with E-state index in [2.05, 4.69) is 15.4 Å². The van der Waals surface area contributed by atoms with Crippen molar-refractivity contribution in [2.24, 2.45) is 13.0 Å². The van der Waals surface area contributed by atoms with Crippen LogP contribution in [0.15, 0.2) is 10.9 Å². The van der Waals surface area contributed by atoms with Crippen LogP contribution >= 0.6 is 0 Å². The van der Waals surface area contributed by atoms with Crippen molar-refractivity contribution in [3.63, 3.8) is 0 Å². The number of carbonyl (C=O) groups is 1. The van der Waals surface area contributed by atoms with Crippen LogP contribution in [0.2, 0.25) is 0 Å². The lowest BCUT2D eigenvalue weighted by molar-refractivity contribution is 0.0851. The van der Waals surface area contributed by atoms with E-state index in [1.807, 2.05) is 13.8 Å². The highest BCUT2D eigenvalue weighted by Gasteiger charge is 2.28. The lowest BCUT2D eigenvalue weighted by Gasteiger charge is -2.17. The number of aliphatic hydroxyl groups is 1. The van der Waals surface area contributed by atoms with Gasteiger partial charge >= 0.3 is 0 Å². The molecule has 1 aliphatic rings. The molecule has 0 aromatic carbocycles. The number of hydrogen-bond donors (Lipinski definition) is 3. The van der Waals surface area contributed by atoms with Gasteiger partial charge in [-0.3, -0.25) is 19.4 Å². The molecular weight excluding hydrogens is 308 g/mol. The molecule has 1 saturated carbocycles. The largest absolute Gasteiger partial charge is 0.391 e. The molecule has 2 unspecified atom stereocenters. The molecule has 130 valence electrons. The normalized spacial score (nSPS) is 17.0. The van der Waals surface area contributed by atoms with E-state index in [9.17, 15) is 14.7 Å². The Kier molecular flexibility index (Phi) is 4.45. The SMILES string of the molecule is CCC(C)C(O)CNC(=O)c1cc(C2CC2)nc2c1c(=O)[nH]n2C. The number of rotatable bonds is 6. The second kappa shape index (κ2) is 6.39. The fraction of sp³-hybridized carbons (Fsp3) is 0.588. The minimum atomic E-state index is -0.603. The first-order chi connectivity index (χ1) is 11.4. The number of nitrogens with one attached hydrogen (secondary N) is 2. The monoisotopic (exact) mass is 332 g/mol. The number of aromatic amines is 1. The Hall–Kier alpha value is -2.15. The van der Waals surface area contributed by atoms with Gasteiger partial charge in [-0.2, -0.15) is 0 Å². The van der Waals surface area contributed by atoms with Crippen molar-refractivity contribution in [1.82, 2.24) is 20.1 Å².